The first-order chi connectivity index (χ1) is 24.5. The minimum Gasteiger partial charge on any atom is -0.462 e. The fourth-order valence-corrected chi connectivity index (χ4v) is 5.70. The average molecular weight is 741 g/mol. The monoisotopic (exact) mass is 741 g/mol. The average Bonchev–Trinajstić information content (AvgIpc) is 3.07. The molecule has 296 valence electrons. The van der Waals surface area contributed by atoms with Crippen LogP contribution in [0.15, 0.2) is 48.6 Å². The molecule has 10 heteroatoms. The van der Waals surface area contributed by atoms with Crippen LogP contribution < -0.4 is 0 Å². The lowest BCUT2D eigenvalue weighted by atomic mass is 10.1. The van der Waals surface area contributed by atoms with Crippen LogP contribution in [0.25, 0.3) is 0 Å². The number of nitrogens with zero attached hydrogens (tertiary/aromatic N) is 1. The highest BCUT2D eigenvalue weighted by atomic mass is 31.2. The van der Waals surface area contributed by atoms with Crippen molar-refractivity contribution in [1.29, 1.82) is 0 Å². The minimum atomic E-state index is -4.38. The van der Waals surface area contributed by atoms with Crippen LogP contribution in [0.5, 0.6) is 0 Å². The Morgan fingerprint density at radius 1 is 0.627 bits per heavy atom. The standard InChI is InChI=1S/C41H74NO8P/c1-6-8-10-12-14-16-18-20-21-22-24-25-27-29-31-33-40(43)47-37-39(38-49-51(45,46)48-36-35-42(3,4)5)50-41(44)34-32-30-28-26-23-19-17-15-13-11-9-7-2/h8,10,14-17,20-21,39H,6-7,9,11-13,18-19,22-38H2,1-5H3/p+1/b10-8+,16-14+,17-15+,21-20+/t39-/m1/s1. The van der Waals surface area contributed by atoms with Crippen LogP contribution >= 0.6 is 7.82 Å². The summed E-state index contributed by atoms with van der Waals surface area (Å²) in [6.07, 6.45) is 37.3. The lowest BCUT2D eigenvalue weighted by Crippen LogP contribution is -2.37. The number of hydrogen-bond donors (Lipinski definition) is 1. The highest BCUT2D eigenvalue weighted by Gasteiger charge is 2.27. The molecule has 2 atom stereocenters. The van der Waals surface area contributed by atoms with E-state index in [-0.39, 0.29) is 32.0 Å². The molecule has 0 rings (SSSR count). The van der Waals surface area contributed by atoms with Crippen molar-refractivity contribution in [3.8, 4) is 0 Å². The van der Waals surface area contributed by atoms with Gasteiger partial charge in [0.1, 0.15) is 19.8 Å². The highest BCUT2D eigenvalue weighted by molar-refractivity contribution is 7.47. The van der Waals surface area contributed by atoms with Crippen molar-refractivity contribution in [2.45, 2.75) is 155 Å². The smallest absolute Gasteiger partial charge is 0.462 e. The van der Waals surface area contributed by atoms with E-state index in [0.29, 0.717) is 23.9 Å². The van der Waals surface area contributed by atoms with Gasteiger partial charge in [-0.15, -0.1) is 0 Å². The van der Waals surface area contributed by atoms with Crippen LogP contribution in [0, 0.1) is 0 Å². The summed E-state index contributed by atoms with van der Waals surface area (Å²) in [6.45, 7) is 4.23. The van der Waals surface area contributed by atoms with E-state index in [1.54, 1.807) is 0 Å². The third-order valence-electron chi connectivity index (χ3n) is 8.09. The highest BCUT2D eigenvalue weighted by Crippen LogP contribution is 2.43. The fourth-order valence-electron chi connectivity index (χ4n) is 4.96. The lowest BCUT2D eigenvalue weighted by Gasteiger charge is -2.24. The van der Waals surface area contributed by atoms with Gasteiger partial charge < -0.3 is 18.9 Å². The molecule has 0 aliphatic heterocycles. The molecule has 0 heterocycles. The van der Waals surface area contributed by atoms with Gasteiger partial charge in [-0.2, -0.15) is 0 Å². The summed E-state index contributed by atoms with van der Waals surface area (Å²) in [6, 6.07) is 0. The first-order valence-electron chi connectivity index (χ1n) is 19.9. The zero-order valence-corrected chi connectivity index (χ0v) is 34.0. The Hall–Kier alpha value is -2.03. The number of allylic oxidation sites excluding steroid dienone is 8. The molecule has 0 spiro atoms. The van der Waals surface area contributed by atoms with Crippen LogP contribution in [0.2, 0.25) is 0 Å². The SMILES string of the molecule is CC/C=C/C/C=C/C/C=C/CCCCCCCC(=O)OC[C@H](COP(=O)(O)OCC[N+](C)(C)C)OC(=O)CCCCCCC/C=C/CCCCC. The minimum absolute atomic E-state index is 0.0255. The number of ether oxygens (including phenoxy) is 2. The normalized spacial score (nSPS) is 14.2. The Kier molecular flexibility index (Phi) is 32.4. The summed E-state index contributed by atoms with van der Waals surface area (Å²) < 4.78 is 34.2. The molecule has 0 aromatic rings. The summed E-state index contributed by atoms with van der Waals surface area (Å²) in [5.74, 6) is -0.834. The Balaban J connectivity index is 4.46. The van der Waals surface area contributed by atoms with Crippen LogP contribution in [-0.4, -0.2) is 74.9 Å². The van der Waals surface area contributed by atoms with Crippen molar-refractivity contribution in [2.24, 2.45) is 0 Å². The molecule has 0 aliphatic carbocycles. The summed E-state index contributed by atoms with van der Waals surface area (Å²) >= 11 is 0. The summed E-state index contributed by atoms with van der Waals surface area (Å²) in [4.78, 5) is 35.2. The quantitative estimate of drug-likeness (QED) is 0.0225. The second-order valence-corrected chi connectivity index (χ2v) is 15.7. The summed E-state index contributed by atoms with van der Waals surface area (Å²) in [5.41, 5.74) is 0. The molecule has 1 unspecified atom stereocenters. The molecular weight excluding hydrogens is 665 g/mol. The van der Waals surface area contributed by atoms with Crippen molar-refractivity contribution in [2.75, 3.05) is 47.5 Å². The van der Waals surface area contributed by atoms with Crippen molar-refractivity contribution in [3.05, 3.63) is 48.6 Å². The molecule has 0 aromatic heterocycles. The van der Waals surface area contributed by atoms with Crippen LogP contribution in [-0.2, 0) is 32.7 Å². The van der Waals surface area contributed by atoms with Gasteiger partial charge >= 0.3 is 19.8 Å². The number of esters is 2. The van der Waals surface area contributed by atoms with E-state index in [0.717, 1.165) is 89.9 Å². The van der Waals surface area contributed by atoms with Gasteiger partial charge in [0, 0.05) is 12.8 Å². The Morgan fingerprint density at radius 3 is 1.69 bits per heavy atom. The van der Waals surface area contributed by atoms with Gasteiger partial charge in [0.05, 0.1) is 27.7 Å². The molecule has 0 fully saturated rings. The maximum absolute atomic E-state index is 12.6. The van der Waals surface area contributed by atoms with E-state index in [1.165, 1.54) is 19.3 Å². The number of likely N-dealkylation sites (N-methyl/N-ethyl adjacent to an activating group) is 1. The summed E-state index contributed by atoms with van der Waals surface area (Å²) in [7, 11) is 1.45. The van der Waals surface area contributed by atoms with Crippen molar-refractivity contribution in [3.63, 3.8) is 0 Å². The Bertz CT molecular complexity index is 1020. The second-order valence-electron chi connectivity index (χ2n) is 14.3. The zero-order valence-electron chi connectivity index (χ0n) is 33.1. The second kappa shape index (κ2) is 33.8. The molecule has 0 aromatic carbocycles. The third kappa shape index (κ3) is 37.5. The molecular formula is C41H75NO8P+. The number of quaternary nitrogens is 1. The molecule has 51 heavy (non-hydrogen) atoms. The molecule has 0 aliphatic rings. The lowest BCUT2D eigenvalue weighted by molar-refractivity contribution is -0.870. The largest absolute Gasteiger partial charge is 0.472 e. The van der Waals surface area contributed by atoms with Gasteiger partial charge in [-0.3, -0.25) is 18.6 Å². The van der Waals surface area contributed by atoms with Crippen LogP contribution in [0.4, 0.5) is 0 Å². The van der Waals surface area contributed by atoms with Gasteiger partial charge in [0.15, 0.2) is 6.10 Å². The third-order valence-corrected chi connectivity index (χ3v) is 9.08. The zero-order chi connectivity index (χ0) is 37.9. The first-order valence-corrected chi connectivity index (χ1v) is 21.4. The molecule has 1 N–H and O–H groups in total. The molecule has 0 radical (unpaired) electrons. The molecule has 9 nitrogen and oxygen atoms in total. The summed E-state index contributed by atoms with van der Waals surface area (Å²) in [5, 5.41) is 0. The predicted octanol–water partition coefficient (Wildman–Crippen LogP) is 10.7. The molecule has 0 saturated carbocycles. The Labute approximate surface area is 312 Å². The van der Waals surface area contributed by atoms with Gasteiger partial charge in [-0.1, -0.05) is 114 Å². The number of rotatable bonds is 35. The molecule has 0 saturated heterocycles. The van der Waals surface area contributed by atoms with E-state index in [1.807, 2.05) is 21.1 Å². The number of phosphoric ester groups is 1. The fraction of sp³-hybridized carbons (Fsp3) is 0.756. The van der Waals surface area contributed by atoms with Crippen molar-refractivity contribution in [1.82, 2.24) is 0 Å². The number of carbonyl (C=O) groups is 2. The molecule has 0 amide bonds. The van der Waals surface area contributed by atoms with Crippen molar-refractivity contribution < 1.29 is 42.1 Å². The predicted molar refractivity (Wildman–Crippen MR) is 210 cm³/mol. The number of carbonyl (C=O) groups excluding carboxylic acids is 2. The van der Waals surface area contributed by atoms with Gasteiger partial charge in [0.2, 0.25) is 0 Å². The number of phosphoric acid groups is 1. The maximum Gasteiger partial charge on any atom is 0.472 e. The van der Waals surface area contributed by atoms with E-state index < -0.39 is 26.5 Å². The Morgan fingerprint density at radius 2 is 1.12 bits per heavy atom. The van der Waals surface area contributed by atoms with Crippen LogP contribution in [0.1, 0.15) is 149 Å². The topological polar surface area (TPSA) is 108 Å². The van der Waals surface area contributed by atoms with Crippen molar-refractivity contribution >= 4 is 19.8 Å². The van der Waals surface area contributed by atoms with E-state index in [9.17, 15) is 19.0 Å². The van der Waals surface area contributed by atoms with Gasteiger partial charge in [-0.25, -0.2) is 4.57 Å². The van der Waals surface area contributed by atoms with Gasteiger partial charge in [0.25, 0.3) is 0 Å². The maximum atomic E-state index is 12.6. The van der Waals surface area contributed by atoms with E-state index in [4.69, 9.17) is 18.5 Å². The number of hydrogen-bond acceptors (Lipinski definition) is 7. The number of unbranched alkanes of at least 4 members (excludes halogenated alkanes) is 13. The van der Waals surface area contributed by atoms with Gasteiger partial charge in [-0.05, 0) is 70.6 Å². The first kappa shape index (κ1) is 49.0. The van der Waals surface area contributed by atoms with E-state index >= 15 is 0 Å². The van der Waals surface area contributed by atoms with E-state index in [2.05, 4.69) is 62.5 Å². The van der Waals surface area contributed by atoms with Crippen LogP contribution in [0.3, 0.4) is 0 Å². The molecule has 0 bridgehead atoms.